The molecule has 1 aromatic carbocycles. The molecule has 1 aliphatic heterocycles. The first-order valence-corrected chi connectivity index (χ1v) is 7.70. The van der Waals surface area contributed by atoms with Crippen molar-refractivity contribution < 1.29 is 19.1 Å². The van der Waals surface area contributed by atoms with E-state index in [1.807, 2.05) is 11.1 Å². The number of rotatable bonds is 3. The molecule has 0 bridgehead atoms. The van der Waals surface area contributed by atoms with Crippen LogP contribution in [-0.4, -0.2) is 44.9 Å². The summed E-state index contributed by atoms with van der Waals surface area (Å²) in [5.41, 5.74) is 2.67. The molecular formula is C17H23NO4. The summed E-state index contributed by atoms with van der Waals surface area (Å²) in [6.07, 6.45) is 2.75. The molecule has 5 nitrogen and oxygen atoms in total. The van der Waals surface area contributed by atoms with Gasteiger partial charge < -0.3 is 14.3 Å². The molecular weight excluding hydrogens is 282 g/mol. The van der Waals surface area contributed by atoms with Gasteiger partial charge in [-0.1, -0.05) is 6.07 Å². The first kappa shape index (κ1) is 15.3. The summed E-state index contributed by atoms with van der Waals surface area (Å²) in [6, 6.07) is 6.60. The topological polar surface area (TPSA) is 48.0 Å². The van der Waals surface area contributed by atoms with Crippen molar-refractivity contribution in [1.82, 2.24) is 5.06 Å². The molecule has 120 valence electrons. The lowest BCUT2D eigenvalue weighted by molar-refractivity contribution is -0.206. The lowest BCUT2D eigenvalue weighted by atomic mass is 9.73. The molecule has 5 heteroatoms. The van der Waals surface area contributed by atoms with Crippen molar-refractivity contribution in [3.05, 3.63) is 29.3 Å². The third-order valence-corrected chi connectivity index (χ3v) is 5.00. The van der Waals surface area contributed by atoms with Gasteiger partial charge in [-0.2, -0.15) is 5.06 Å². The molecule has 1 heterocycles. The van der Waals surface area contributed by atoms with Gasteiger partial charge in [0.25, 0.3) is 0 Å². The van der Waals surface area contributed by atoms with Crippen LogP contribution in [0.5, 0.6) is 5.75 Å². The van der Waals surface area contributed by atoms with Crippen LogP contribution in [0.25, 0.3) is 0 Å². The van der Waals surface area contributed by atoms with Crippen LogP contribution >= 0.6 is 0 Å². The monoisotopic (exact) mass is 305 g/mol. The minimum atomic E-state index is -0.142. The number of benzene rings is 1. The van der Waals surface area contributed by atoms with E-state index in [9.17, 15) is 4.79 Å². The molecule has 1 aromatic rings. The van der Waals surface area contributed by atoms with Crippen molar-refractivity contribution in [2.75, 3.05) is 27.9 Å². The van der Waals surface area contributed by atoms with Gasteiger partial charge in [-0.25, -0.2) is 0 Å². The van der Waals surface area contributed by atoms with Crippen molar-refractivity contribution in [2.45, 2.75) is 25.3 Å². The van der Waals surface area contributed by atoms with Crippen LogP contribution in [0, 0.1) is 11.8 Å². The lowest BCUT2D eigenvalue weighted by Gasteiger charge is -2.45. The molecule has 0 aromatic heterocycles. The summed E-state index contributed by atoms with van der Waals surface area (Å²) in [5.74, 6) is 1.04. The number of piperidine rings is 1. The zero-order valence-electron chi connectivity index (χ0n) is 13.4. The summed E-state index contributed by atoms with van der Waals surface area (Å²) < 4.78 is 10.3. The highest BCUT2D eigenvalue weighted by molar-refractivity contribution is 5.72. The second-order valence-electron chi connectivity index (χ2n) is 6.11. The number of hydrogen-bond acceptors (Lipinski definition) is 5. The quantitative estimate of drug-likeness (QED) is 0.798. The summed E-state index contributed by atoms with van der Waals surface area (Å²) in [7, 11) is 4.82. The molecule has 3 rings (SSSR count). The highest BCUT2D eigenvalue weighted by atomic mass is 16.7. The molecule has 0 spiro atoms. The molecule has 3 unspecified atom stereocenters. The number of carbonyl (C=O) groups excluding carboxylic acids is 1. The van der Waals surface area contributed by atoms with Crippen molar-refractivity contribution in [3.63, 3.8) is 0 Å². The van der Waals surface area contributed by atoms with Gasteiger partial charge in [0.05, 0.1) is 27.2 Å². The molecule has 0 amide bonds. The van der Waals surface area contributed by atoms with Crippen molar-refractivity contribution >= 4 is 5.97 Å². The Kier molecular flexibility index (Phi) is 4.36. The number of nitrogens with zero attached hydrogens (tertiary/aromatic N) is 1. The van der Waals surface area contributed by atoms with Gasteiger partial charge in [0.15, 0.2) is 0 Å². The van der Waals surface area contributed by atoms with Crippen LogP contribution in [0.4, 0.5) is 0 Å². The van der Waals surface area contributed by atoms with E-state index in [1.165, 1.54) is 18.2 Å². The number of hydroxylamine groups is 2. The Morgan fingerprint density at radius 2 is 2.00 bits per heavy atom. The molecule has 2 aliphatic rings. The molecule has 0 radical (unpaired) electrons. The number of fused-ring (bicyclic) bond motifs is 2. The van der Waals surface area contributed by atoms with Gasteiger partial charge in [0.2, 0.25) is 0 Å². The van der Waals surface area contributed by atoms with Crippen LogP contribution in [0.1, 0.15) is 17.5 Å². The minimum Gasteiger partial charge on any atom is -0.497 e. The molecule has 22 heavy (non-hydrogen) atoms. The molecule has 0 N–H and O–H groups in total. The second-order valence-corrected chi connectivity index (χ2v) is 6.11. The van der Waals surface area contributed by atoms with E-state index in [-0.39, 0.29) is 11.9 Å². The summed E-state index contributed by atoms with van der Waals surface area (Å²) in [4.78, 5) is 17.5. The third kappa shape index (κ3) is 2.71. The zero-order chi connectivity index (χ0) is 15.7. The number of esters is 1. The van der Waals surface area contributed by atoms with E-state index in [4.69, 9.17) is 14.3 Å². The Morgan fingerprint density at radius 3 is 2.68 bits per heavy atom. The Balaban J connectivity index is 1.85. The Bertz CT molecular complexity index is 560. The average molecular weight is 305 g/mol. The predicted octanol–water partition coefficient (Wildman–Crippen LogP) is 1.83. The maximum atomic E-state index is 11.9. The van der Waals surface area contributed by atoms with Gasteiger partial charge in [0.1, 0.15) is 5.75 Å². The first-order valence-electron chi connectivity index (χ1n) is 7.70. The lowest BCUT2D eigenvalue weighted by Crippen LogP contribution is -2.53. The molecule has 0 saturated carbocycles. The number of ether oxygens (including phenoxy) is 2. The van der Waals surface area contributed by atoms with E-state index in [2.05, 4.69) is 12.1 Å². The van der Waals surface area contributed by atoms with E-state index < -0.39 is 0 Å². The zero-order valence-corrected chi connectivity index (χ0v) is 13.4. The van der Waals surface area contributed by atoms with E-state index in [0.29, 0.717) is 18.5 Å². The van der Waals surface area contributed by atoms with Crippen LogP contribution in [0.15, 0.2) is 18.2 Å². The van der Waals surface area contributed by atoms with Gasteiger partial charge in [-0.15, -0.1) is 0 Å². The van der Waals surface area contributed by atoms with Crippen LogP contribution < -0.4 is 4.74 Å². The summed E-state index contributed by atoms with van der Waals surface area (Å²) >= 11 is 0. The highest BCUT2D eigenvalue weighted by Crippen LogP contribution is 2.38. The molecule has 1 saturated heterocycles. The van der Waals surface area contributed by atoms with Crippen molar-refractivity contribution in [2.24, 2.45) is 11.8 Å². The van der Waals surface area contributed by atoms with Crippen LogP contribution in [-0.2, 0) is 27.2 Å². The highest BCUT2D eigenvalue weighted by Gasteiger charge is 2.42. The smallest absolute Gasteiger partial charge is 0.310 e. The normalized spacial score (nSPS) is 27.7. The fraction of sp³-hybridized carbons (Fsp3) is 0.588. The molecule has 1 fully saturated rings. The summed E-state index contributed by atoms with van der Waals surface area (Å²) in [6.45, 7) is 0.607. The van der Waals surface area contributed by atoms with E-state index in [0.717, 1.165) is 25.0 Å². The number of carbonyl (C=O) groups is 1. The number of hydrogen-bond donors (Lipinski definition) is 0. The SMILES string of the molecule is COC(=O)C1CC2Cc3cc(OC)ccc3CC2N(OC)C1. The maximum absolute atomic E-state index is 11.9. The Labute approximate surface area is 131 Å². The molecule has 3 atom stereocenters. The van der Waals surface area contributed by atoms with E-state index >= 15 is 0 Å². The molecule has 1 aliphatic carbocycles. The van der Waals surface area contributed by atoms with Crippen molar-refractivity contribution in [3.8, 4) is 5.75 Å². The van der Waals surface area contributed by atoms with Gasteiger partial charge >= 0.3 is 5.97 Å². The standard InChI is InChI=1S/C17H23NO4/c1-20-15-5-4-11-9-16-13(6-12(11)8-15)7-14(17(19)21-2)10-18(16)22-3/h4-5,8,13-14,16H,6-7,9-10H2,1-3H3. The number of methoxy groups -OCH3 is 2. The fourth-order valence-corrected chi connectivity index (χ4v) is 3.85. The predicted molar refractivity (Wildman–Crippen MR) is 81.5 cm³/mol. The second kappa shape index (κ2) is 6.26. The van der Waals surface area contributed by atoms with E-state index in [1.54, 1.807) is 14.2 Å². The van der Waals surface area contributed by atoms with Crippen LogP contribution in [0.2, 0.25) is 0 Å². The Hall–Kier alpha value is -1.59. The minimum absolute atomic E-state index is 0.113. The van der Waals surface area contributed by atoms with Gasteiger partial charge in [0, 0.05) is 12.6 Å². The third-order valence-electron chi connectivity index (χ3n) is 5.00. The average Bonchev–Trinajstić information content (AvgIpc) is 2.57. The summed E-state index contributed by atoms with van der Waals surface area (Å²) in [5, 5.41) is 1.96. The Morgan fingerprint density at radius 1 is 1.18 bits per heavy atom. The van der Waals surface area contributed by atoms with Gasteiger partial charge in [-0.3, -0.25) is 4.79 Å². The first-order chi connectivity index (χ1) is 10.7. The van der Waals surface area contributed by atoms with Crippen molar-refractivity contribution in [1.29, 1.82) is 0 Å². The fourth-order valence-electron chi connectivity index (χ4n) is 3.85. The van der Waals surface area contributed by atoms with Gasteiger partial charge in [-0.05, 0) is 48.4 Å². The maximum Gasteiger partial charge on any atom is 0.310 e. The largest absolute Gasteiger partial charge is 0.497 e. The van der Waals surface area contributed by atoms with Crippen LogP contribution in [0.3, 0.4) is 0 Å².